The van der Waals surface area contributed by atoms with Crippen molar-refractivity contribution in [2.75, 3.05) is 5.32 Å². The van der Waals surface area contributed by atoms with Gasteiger partial charge >= 0.3 is 0 Å². The molecule has 2 aromatic carbocycles. The van der Waals surface area contributed by atoms with Crippen LogP contribution < -0.4 is 5.32 Å². The minimum Gasteiger partial charge on any atom is -0.378 e. The fourth-order valence-corrected chi connectivity index (χ4v) is 2.89. The van der Waals surface area contributed by atoms with Crippen molar-refractivity contribution < 1.29 is 0 Å². The van der Waals surface area contributed by atoms with E-state index < -0.39 is 0 Å². The fourth-order valence-electron chi connectivity index (χ4n) is 2.13. The van der Waals surface area contributed by atoms with Crippen LogP contribution in [0.1, 0.15) is 18.5 Å². The van der Waals surface area contributed by atoms with Gasteiger partial charge < -0.3 is 5.32 Å². The van der Waals surface area contributed by atoms with Gasteiger partial charge in [-0.3, -0.25) is 0 Å². The molecule has 1 nitrogen and oxygen atoms in total. The molecule has 90 valence electrons. The summed E-state index contributed by atoms with van der Waals surface area (Å²) in [6.07, 6.45) is 0. The van der Waals surface area contributed by atoms with Crippen molar-refractivity contribution >= 4 is 27.8 Å². The maximum Gasteiger partial charge on any atom is 0.0493 e. The fraction of sp³-hybridized carbons (Fsp3) is 0.125. The summed E-state index contributed by atoms with van der Waals surface area (Å²) in [4.78, 5) is 0. The number of hydrogen-bond acceptors (Lipinski definition) is 2. The van der Waals surface area contributed by atoms with E-state index in [0.717, 1.165) is 0 Å². The van der Waals surface area contributed by atoms with E-state index in [4.69, 9.17) is 0 Å². The van der Waals surface area contributed by atoms with Crippen LogP contribution in [-0.4, -0.2) is 0 Å². The van der Waals surface area contributed by atoms with Gasteiger partial charge in [0.05, 0.1) is 0 Å². The van der Waals surface area contributed by atoms with E-state index in [-0.39, 0.29) is 0 Å². The smallest absolute Gasteiger partial charge is 0.0493 e. The van der Waals surface area contributed by atoms with E-state index >= 15 is 0 Å². The first-order chi connectivity index (χ1) is 8.83. The maximum absolute atomic E-state index is 3.54. The van der Waals surface area contributed by atoms with Gasteiger partial charge in [0, 0.05) is 11.7 Å². The zero-order valence-electron chi connectivity index (χ0n) is 10.3. The molecule has 1 unspecified atom stereocenters. The van der Waals surface area contributed by atoms with Crippen molar-refractivity contribution in [1.82, 2.24) is 0 Å². The van der Waals surface area contributed by atoms with E-state index in [0.29, 0.717) is 6.04 Å². The Kier molecular flexibility index (Phi) is 3.03. The van der Waals surface area contributed by atoms with Crippen LogP contribution in [0.15, 0.2) is 59.3 Å². The molecular formula is C16H15NS. The van der Waals surface area contributed by atoms with Gasteiger partial charge in [0.25, 0.3) is 0 Å². The average molecular weight is 253 g/mol. The predicted molar refractivity (Wildman–Crippen MR) is 80.3 cm³/mol. The van der Waals surface area contributed by atoms with Crippen molar-refractivity contribution in [1.29, 1.82) is 0 Å². The van der Waals surface area contributed by atoms with Crippen molar-refractivity contribution in [2.24, 2.45) is 0 Å². The summed E-state index contributed by atoms with van der Waals surface area (Å²) in [6.45, 7) is 2.19. The van der Waals surface area contributed by atoms with E-state index in [9.17, 15) is 0 Å². The molecule has 0 aliphatic rings. The molecule has 2 heteroatoms. The summed E-state index contributed by atoms with van der Waals surface area (Å²) >= 11 is 1.74. The number of thiophene rings is 1. The summed E-state index contributed by atoms with van der Waals surface area (Å²) in [5.74, 6) is 0. The van der Waals surface area contributed by atoms with E-state index in [1.165, 1.54) is 22.0 Å². The maximum atomic E-state index is 3.54. The minimum absolute atomic E-state index is 0.345. The largest absolute Gasteiger partial charge is 0.378 e. The Morgan fingerprint density at radius 3 is 2.61 bits per heavy atom. The highest BCUT2D eigenvalue weighted by molar-refractivity contribution is 7.07. The van der Waals surface area contributed by atoms with Crippen molar-refractivity contribution in [3.05, 3.63) is 64.9 Å². The zero-order valence-corrected chi connectivity index (χ0v) is 11.1. The third kappa shape index (κ3) is 2.24. The third-order valence-corrected chi connectivity index (χ3v) is 3.88. The molecule has 0 amide bonds. The lowest BCUT2D eigenvalue weighted by Gasteiger charge is -2.14. The van der Waals surface area contributed by atoms with Gasteiger partial charge in [-0.2, -0.15) is 11.3 Å². The summed E-state index contributed by atoms with van der Waals surface area (Å²) in [5, 5.41) is 10.4. The number of hydrogen-bond donors (Lipinski definition) is 1. The molecule has 1 aromatic heterocycles. The summed E-state index contributed by atoms with van der Waals surface area (Å²) in [7, 11) is 0. The molecular weight excluding hydrogens is 238 g/mol. The number of benzene rings is 2. The Morgan fingerprint density at radius 1 is 1.00 bits per heavy atom. The lowest BCUT2D eigenvalue weighted by molar-refractivity contribution is 0.891. The topological polar surface area (TPSA) is 12.0 Å². The van der Waals surface area contributed by atoms with Crippen LogP contribution in [-0.2, 0) is 0 Å². The molecule has 0 bridgehead atoms. The SMILES string of the molecule is CC(Nc1ccc2ccccc2c1)c1ccsc1. The molecule has 0 radical (unpaired) electrons. The standard InChI is InChI=1S/C16H15NS/c1-12(15-8-9-18-11-15)17-16-7-6-13-4-2-3-5-14(13)10-16/h2-12,17H,1H3. The van der Waals surface area contributed by atoms with Crippen LogP contribution in [0.3, 0.4) is 0 Å². The van der Waals surface area contributed by atoms with Crippen LogP contribution in [0.4, 0.5) is 5.69 Å². The van der Waals surface area contributed by atoms with Gasteiger partial charge in [0.1, 0.15) is 0 Å². The molecule has 0 saturated carbocycles. The molecule has 0 saturated heterocycles. The van der Waals surface area contributed by atoms with Gasteiger partial charge in [-0.25, -0.2) is 0 Å². The predicted octanol–water partition coefficient (Wildman–Crippen LogP) is 5.07. The molecule has 1 atom stereocenters. The second kappa shape index (κ2) is 4.83. The molecule has 1 N–H and O–H groups in total. The second-order valence-electron chi connectivity index (χ2n) is 4.48. The Balaban J connectivity index is 1.86. The number of nitrogens with one attached hydrogen (secondary N) is 1. The molecule has 1 heterocycles. The lowest BCUT2D eigenvalue weighted by atomic mass is 10.1. The van der Waals surface area contributed by atoms with Crippen LogP contribution in [0, 0.1) is 0 Å². The molecule has 3 aromatic rings. The Morgan fingerprint density at radius 2 is 1.83 bits per heavy atom. The molecule has 3 rings (SSSR count). The monoisotopic (exact) mass is 253 g/mol. The summed E-state index contributed by atoms with van der Waals surface area (Å²) in [6, 6.07) is 17.5. The van der Waals surface area contributed by atoms with E-state index in [2.05, 4.69) is 71.5 Å². The van der Waals surface area contributed by atoms with Crippen LogP contribution in [0.2, 0.25) is 0 Å². The Labute approximate surface area is 111 Å². The number of rotatable bonds is 3. The first-order valence-electron chi connectivity index (χ1n) is 6.10. The van der Waals surface area contributed by atoms with E-state index in [1.807, 2.05) is 0 Å². The van der Waals surface area contributed by atoms with Gasteiger partial charge in [0.15, 0.2) is 0 Å². The van der Waals surface area contributed by atoms with Crippen molar-refractivity contribution in [2.45, 2.75) is 13.0 Å². The number of fused-ring (bicyclic) bond motifs is 1. The quantitative estimate of drug-likeness (QED) is 0.686. The first-order valence-corrected chi connectivity index (χ1v) is 7.04. The van der Waals surface area contributed by atoms with Gasteiger partial charge in [-0.05, 0) is 52.2 Å². The van der Waals surface area contributed by atoms with Crippen LogP contribution >= 0.6 is 11.3 Å². The highest BCUT2D eigenvalue weighted by Gasteiger charge is 2.05. The average Bonchev–Trinajstić information content (AvgIpc) is 2.92. The van der Waals surface area contributed by atoms with Gasteiger partial charge in [-0.1, -0.05) is 30.3 Å². The van der Waals surface area contributed by atoms with Crippen LogP contribution in [0.25, 0.3) is 10.8 Å². The summed E-state index contributed by atoms with van der Waals surface area (Å²) < 4.78 is 0. The third-order valence-electron chi connectivity index (χ3n) is 3.18. The van der Waals surface area contributed by atoms with E-state index in [1.54, 1.807) is 11.3 Å². The van der Waals surface area contributed by atoms with Crippen LogP contribution in [0.5, 0.6) is 0 Å². The normalized spacial score (nSPS) is 12.5. The highest BCUT2D eigenvalue weighted by Crippen LogP contribution is 2.24. The zero-order chi connectivity index (χ0) is 12.4. The highest BCUT2D eigenvalue weighted by atomic mass is 32.1. The molecule has 0 fully saturated rings. The summed E-state index contributed by atoms with van der Waals surface area (Å²) in [5.41, 5.74) is 2.51. The second-order valence-corrected chi connectivity index (χ2v) is 5.26. The molecule has 0 spiro atoms. The Hall–Kier alpha value is -1.80. The van der Waals surface area contributed by atoms with Gasteiger partial charge in [0.2, 0.25) is 0 Å². The molecule has 18 heavy (non-hydrogen) atoms. The Bertz CT molecular complexity index is 643. The minimum atomic E-state index is 0.345. The van der Waals surface area contributed by atoms with Crippen molar-refractivity contribution in [3.63, 3.8) is 0 Å². The number of anilines is 1. The molecule has 0 aliphatic carbocycles. The lowest BCUT2D eigenvalue weighted by Crippen LogP contribution is -2.05. The first kappa shape index (κ1) is 11.3. The van der Waals surface area contributed by atoms with Crippen molar-refractivity contribution in [3.8, 4) is 0 Å². The van der Waals surface area contributed by atoms with Gasteiger partial charge in [-0.15, -0.1) is 0 Å². The molecule has 0 aliphatic heterocycles.